The topological polar surface area (TPSA) is 32.9 Å². The summed E-state index contributed by atoms with van der Waals surface area (Å²) in [6, 6.07) is 1.13. The molecule has 1 aromatic heterocycles. The molecule has 0 fully saturated rings. The molecule has 7 heteroatoms. The van der Waals surface area contributed by atoms with E-state index in [1.54, 1.807) is 0 Å². The lowest BCUT2D eigenvalue weighted by atomic mass is 10.2. The van der Waals surface area contributed by atoms with Crippen molar-refractivity contribution in [3.8, 4) is 0 Å². The van der Waals surface area contributed by atoms with Gasteiger partial charge in [-0.3, -0.25) is 4.79 Å². The highest BCUT2D eigenvalue weighted by Crippen LogP contribution is 2.27. The molecule has 1 aromatic carbocycles. The maximum atomic E-state index is 13.4. The molecule has 1 heterocycles. The van der Waals surface area contributed by atoms with Crippen molar-refractivity contribution < 1.29 is 17.6 Å². The molecular weight excluding hydrogens is 306 g/mol. The molecule has 0 radical (unpaired) electrons. The van der Waals surface area contributed by atoms with Crippen molar-refractivity contribution in [2.75, 3.05) is 0 Å². The molecule has 0 aliphatic rings. The second-order valence-electron chi connectivity index (χ2n) is 3.29. The molecule has 0 unspecified atom stereocenters. The Hall–Kier alpha value is -1.37. The Labute approximate surface area is 100 Å². The zero-order valence-corrected chi connectivity index (χ0v) is 9.62. The molecule has 0 bridgehead atoms. The number of hydrogen-bond acceptors (Lipinski definition) is 1. The number of hydrogen-bond donors (Lipinski definition) is 1. The molecule has 0 spiro atoms. The predicted octanol–water partition coefficient (Wildman–Crippen LogP) is 3.51. The van der Waals surface area contributed by atoms with E-state index < -0.39 is 34.7 Å². The number of aromatic amines is 1. The number of rotatable bonds is 1. The van der Waals surface area contributed by atoms with Crippen molar-refractivity contribution in [3.63, 3.8) is 0 Å². The first-order valence-corrected chi connectivity index (χ1v) is 5.19. The Balaban J connectivity index is 2.96. The Morgan fingerprint density at radius 1 is 1.18 bits per heavy atom. The summed E-state index contributed by atoms with van der Waals surface area (Å²) in [5.74, 6) is -2.06. The van der Waals surface area contributed by atoms with Gasteiger partial charge < -0.3 is 4.98 Å². The predicted molar refractivity (Wildman–Crippen MR) is 57.1 cm³/mol. The number of aromatic nitrogens is 1. The van der Waals surface area contributed by atoms with Crippen molar-refractivity contribution in [3.05, 3.63) is 44.2 Å². The second-order valence-corrected chi connectivity index (χ2v) is 4.09. The van der Waals surface area contributed by atoms with Gasteiger partial charge in [0.25, 0.3) is 6.43 Å². The van der Waals surface area contributed by atoms with Gasteiger partial charge in [-0.05, 0) is 15.9 Å². The van der Waals surface area contributed by atoms with E-state index in [1.165, 1.54) is 0 Å². The lowest BCUT2D eigenvalue weighted by Crippen LogP contribution is -2.08. The van der Waals surface area contributed by atoms with Crippen molar-refractivity contribution >= 4 is 26.8 Å². The Morgan fingerprint density at radius 3 is 2.41 bits per heavy atom. The maximum Gasteiger partial charge on any atom is 0.278 e. The molecule has 0 saturated heterocycles. The van der Waals surface area contributed by atoms with Gasteiger partial charge >= 0.3 is 0 Å². The average molecular weight is 310 g/mol. The molecule has 0 saturated carbocycles. The zero-order valence-electron chi connectivity index (χ0n) is 8.03. The van der Waals surface area contributed by atoms with Crippen LogP contribution in [0.1, 0.15) is 12.1 Å². The lowest BCUT2D eigenvalue weighted by molar-refractivity contribution is 0.146. The summed E-state index contributed by atoms with van der Waals surface area (Å²) >= 11 is 2.78. The van der Waals surface area contributed by atoms with Gasteiger partial charge in [0.05, 0.1) is 21.1 Å². The van der Waals surface area contributed by atoms with Gasteiger partial charge in [-0.25, -0.2) is 17.6 Å². The minimum atomic E-state index is -2.93. The van der Waals surface area contributed by atoms with Gasteiger partial charge in [0.1, 0.15) is 11.6 Å². The summed E-state index contributed by atoms with van der Waals surface area (Å²) in [7, 11) is 0. The van der Waals surface area contributed by atoms with Crippen LogP contribution in [0.25, 0.3) is 10.9 Å². The second kappa shape index (κ2) is 4.14. The summed E-state index contributed by atoms with van der Waals surface area (Å²) in [5, 5.41) is -0.327. The number of nitrogens with one attached hydrogen (secondary N) is 1. The van der Waals surface area contributed by atoms with Crippen LogP contribution in [-0.4, -0.2) is 4.98 Å². The van der Waals surface area contributed by atoms with Crippen LogP contribution < -0.4 is 5.43 Å². The summed E-state index contributed by atoms with van der Waals surface area (Å²) in [5.41, 5.74) is -2.03. The van der Waals surface area contributed by atoms with Crippen molar-refractivity contribution in [1.82, 2.24) is 4.98 Å². The van der Waals surface area contributed by atoms with Crippen molar-refractivity contribution in [2.24, 2.45) is 0 Å². The molecule has 0 amide bonds. The molecule has 2 rings (SSSR count). The van der Waals surface area contributed by atoms with Gasteiger partial charge in [0, 0.05) is 12.1 Å². The number of H-pyrrole nitrogens is 1. The summed E-state index contributed by atoms with van der Waals surface area (Å²) in [6.45, 7) is 0. The third-order valence-corrected chi connectivity index (χ3v) is 2.98. The molecule has 0 aliphatic heterocycles. The number of halogens is 5. The third kappa shape index (κ3) is 1.95. The fraction of sp³-hybridized carbons (Fsp3) is 0.100. The van der Waals surface area contributed by atoms with E-state index >= 15 is 0 Å². The Morgan fingerprint density at radius 2 is 1.82 bits per heavy atom. The van der Waals surface area contributed by atoms with Crippen LogP contribution in [-0.2, 0) is 0 Å². The smallest absolute Gasteiger partial charge is 0.278 e. The van der Waals surface area contributed by atoms with Crippen LogP contribution in [0, 0.1) is 11.6 Å². The molecule has 0 aliphatic carbocycles. The monoisotopic (exact) mass is 309 g/mol. The number of fused-ring (bicyclic) bond motifs is 1. The molecular formula is C10H4BrF4NO. The minimum Gasteiger partial charge on any atom is -0.351 e. The maximum absolute atomic E-state index is 13.4. The first-order chi connectivity index (χ1) is 7.91. The third-order valence-electron chi connectivity index (χ3n) is 2.21. The molecule has 2 aromatic rings. The van der Waals surface area contributed by atoms with Crippen LogP contribution in [0.3, 0.4) is 0 Å². The highest BCUT2D eigenvalue weighted by atomic mass is 79.9. The van der Waals surface area contributed by atoms with Crippen LogP contribution in [0.2, 0.25) is 0 Å². The summed E-state index contributed by atoms with van der Waals surface area (Å²) in [4.78, 5) is 13.6. The lowest BCUT2D eigenvalue weighted by Gasteiger charge is -2.06. The van der Waals surface area contributed by atoms with E-state index in [0.717, 1.165) is 0 Å². The number of pyridine rings is 1. The van der Waals surface area contributed by atoms with E-state index in [1.807, 2.05) is 0 Å². The average Bonchev–Trinajstić information content (AvgIpc) is 2.25. The van der Waals surface area contributed by atoms with Crippen LogP contribution in [0.4, 0.5) is 17.6 Å². The number of benzene rings is 1. The fourth-order valence-corrected chi connectivity index (χ4v) is 1.97. The van der Waals surface area contributed by atoms with E-state index in [2.05, 4.69) is 20.9 Å². The largest absolute Gasteiger partial charge is 0.351 e. The number of alkyl halides is 2. The van der Waals surface area contributed by atoms with Crippen LogP contribution >= 0.6 is 15.9 Å². The zero-order chi connectivity index (χ0) is 12.7. The van der Waals surface area contributed by atoms with Gasteiger partial charge in [0.15, 0.2) is 5.43 Å². The summed E-state index contributed by atoms with van der Waals surface area (Å²) < 4.78 is 51.1. The van der Waals surface area contributed by atoms with Gasteiger partial charge in [0.2, 0.25) is 0 Å². The SMILES string of the molecule is O=c1cc(C(F)F)[nH]c2c(F)cc(F)c(Br)c12. The Kier molecular flexibility index (Phi) is 2.94. The van der Waals surface area contributed by atoms with Gasteiger partial charge in [-0.2, -0.15) is 0 Å². The molecule has 17 heavy (non-hydrogen) atoms. The van der Waals surface area contributed by atoms with E-state index in [9.17, 15) is 22.4 Å². The van der Waals surface area contributed by atoms with Crippen LogP contribution in [0.15, 0.2) is 21.4 Å². The quantitative estimate of drug-likeness (QED) is 0.634. The fourth-order valence-electron chi connectivity index (χ4n) is 1.46. The highest BCUT2D eigenvalue weighted by molar-refractivity contribution is 9.10. The van der Waals surface area contributed by atoms with E-state index in [0.29, 0.717) is 12.1 Å². The van der Waals surface area contributed by atoms with Crippen molar-refractivity contribution in [2.45, 2.75) is 6.43 Å². The van der Waals surface area contributed by atoms with E-state index in [-0.39, 0.29) is 9.86 Å². The molecule has 0 atom stereocenters. The molecule has 1 N–H and O–H groups in total. The van der Waals surface area contributed by atoms with Crippen LogP contribution in [0.5, 0.6) is 0 Å². The molecule has 90 valence electrons. The highest BCUT2D eigenvalue weighted by Gasteiger charge is 2.17. The minimum absolute atomic E-state index is 0.254. The standard InChI is InChI=1S/C10H4BrF4NO/c11-8-3(12)1-4(13)9-7(8)6(17)2-5(16-9)10(14)15/h1-2,10H,(H,16,17). The molecule has 2 nitrogen and oxygen atoms in total. The van der Waals surface area contributed by atoms with E-state index in [4.69, 9.17) is 0 Å². The van der Waals surface area contributed by atoms with Gasteiger partial charge in [-0.1, -0.05) is 0 Å². The first-order valence-electron chi connectivity index (χ1n) is 4.40. The normalized spacial score (nSPS) is 11.4. The summed E-state index contributed by atoms with van der Waals surface area (Å²) in [6.07, 6.45) is -2.93. The first kappa shape index (κ1) is 12.1. The van der Waals surface area contributed by atoms with Gasteiger partial charge in [-0.15, -0.1) is 0 Å². The van der Waals surface area contributed by atoms with Crippen molar-refractivity contribution in [1.29, 1.82) is 0 Å². The Bertz CT molecular complexity index is 653.